The van der Waals surface area contributed by atoms with Crippen LogP contribution in [0.25, 0.3) is 11.2 Å². The highest BCUT2D eigenvalue weighted by atomic mass is 31.3. The van der Waals surface area contributed by atoms with E-state index >= 15 is 0 Å². The number of phosphoric ester groups is 3. The van der Waals surface area contributed by atoms with Gasteiger partial charge in [0.05, 0.1) is 25.5 Å². The molecule has 0 saturated carbocycles. The fourth-order valence-corrected chi connectivity index (χ4v) is 8.20. The maximum atomic E-state index is 12.6. The molecule has 3 aliphatic heterocycles. The number of hydrogen-bond acceptors (Lipinski definition) is 18. The molecule has 1 amide bonds. The Morgan fingerprint density at radius 3 is 2.19 bits per heavy atom. The second kappa shape index (κ2) is 14.3. The van der Waals surface area contributed by atoms with Crippen LogP contribution in [0.1, 0.15) is 19.1 Å². The summed E-state index contributed by atoms with van der Waals surface area (Å²) in [6.45, 7) is -1.43. The number of rotatable bonds is 13. The Kier molecular flexibility index (Phi) is 11.1. The predicted octanol–water partition coefficient (Wildman–Crippen LogP) is -2.96. The third-order valence-electron chi connectivity index (χ3n) is 7.80. The van der Waals surface area contributed by atoms with Gasteiger partial charge < -0.3 is 55.8 Å². The third-order valence-corrected chi connectivity index (χ3v) is 10.9. The average Bonchev–Trinajstić information content (AvgIpc) is 3.64. The van der Waals surface area contributed by atoms with Gasteiger partial charge in [-0.15, -0.1) is 0 Å². The molecular weight excluding hydrogens is 715 g/mol. The van der Waals surface area contributed by atoms with Gasteiger partial charge >= 0.3 is 23.5 Å². The van der Waals surface area contributed by atoms with Crippen LogP contribution in [0.15, 0.2) is 12.7 Å². The molecule has 2 aromatic heterocycles. The number of ether oxygens (including phenoxy) is 2. The highest BCUT2D eigenvalue weighted by molar-refractivity contribution is 7.61. The number of nitrogen functional groups attached to an aromatic ring is 1. The number of nitrogens with two attached hydrogens (primary N) is 2. The number of hydrogen-bond donors (Lipinski definition) is 9. The summed E-state index contributed by atoms with van der Waals surface area (Å²) in [7, 11) is -16.2. The number of carbonyl (C=O) groups is 1. The normalized spacial score (nSPS) is 34.3. The van der Waals surface area contributed by atoms with E-state index in [-0.39, 0.29) is 23.5 Å². The number of primary amides is 1. The molecule has 3 aliphatic rings. The van der Waals surface area contributed by atoms with Crippen LogP contribution in [-0.2, 0) is 45.8 Å². The molecule has 5 rings (SSSR count). The standard InChI is InChI=1S/C21H34N7O17P3/c22-17-12-19(25-7-24-17)28(8-26-12)21-16(44-46(33,34)35)14(30)11(43-21)6-41-48(38,39)45-47(36,37)40-5-10-13(29)15(31)20(42-10)27-3-1-2-9(4-27)18(23)32/h7-11,13-16,20-21,29-31H,1-6H2,(H2,23,32)(H,36,37)(H,38,39)(H2,22,24,25)(H2,33,34,35)/t9-,10-,11-,13-,14-,15-,16-,20-,21-/m1/s1. The minimum atomic E-state index is -5.50. The number of aliphatic hydroxyl groups excluding tert-OH is 3. The first-order chi connectivity index (χ1) is 22.4. The summed E-state index contributed by atoms with van der Waals surface area (Å²) in [5.74, 6) is -1.11. The highest BCUT2D eigenvalue weighted by Crippen LogP contribution is 2.61. The molecule has 11 N–H and O–H groups in total. The van der Waals surface area contributed by atoms with Crippen molar-refractivity contribution in [2.24, 2.45) is 11.7 Å². The molecule has 3 saturated heterocycles. The second-order valence-electron chi connectivity index (χ2n) is 11.1. The molecule has 3 fully saturated rings. The molecule has 0 bridgehead atoms. The van der Waals surface area contributed by atoms with Crippen LogP contribution in [-0.4, -0.2) is 134 Å². The van der Waals surface area contributed by atoms with Crippen LogP contribution in [0.5, 0.6) is 0 Å². The Morgan fingerprint density at radius 1 is 0.938 bits per heavy atom. The van der Waals surface area contributed by atoms with E-state index in [4.69, 9.17) is 34.5 Å². The molecule has 2 aromatic rings. The number of aliphatic hydroxyl groups is 3. The summed E-state index contributed by atoms with van der Waals surface area (Å²) < 4.78 is 67.4. The predicted molar refractivity (Wildman–Crippen MR) is 153 cm³/mol. The Hall–Kier alpha value is -2.05. The lowest BCUT2D eigenvalue weighted by atomic mass is 9.96. The van der Waals surface area contributed by atoms with Gasteiger partial charge in [-0.05, 0) is 12.8 Å². The van der Waals surface area contributed by atoms with Crippen LogP contribution in [0, 0.1) is 5.92 Å². The minimum Gasteiger partial charge on any atom is -0.387 e. The van der Waals surface area contributed by atoms with E-state index in [1.807, 2.05) is 0 Å². The number of fused-ring (bicyclic) bond motifs is 1. The summed E-state index contributed by atoms with van der Waals surface area (Å²) in [4.78, 5) is 63.9. The molecule has 2 unspecified atom stereocenters. The van der Waals surface area contributed by atoms with Crippen LogP contribution < -0.4 is 11.5 Å². The summed E-state index contributed by atoms with van der Waals surface area (Å²) in [6.07, 6.45) is -9.42. The Balaban J connectivity index is 1.19. The zero-order valence-corrected chi connectivity index (χ0v) is 27.2. The van der Waals surface area contributed by atoms with Gasteiger partial charge in [0, 0.05) is 13.1 Å². The van der Waals surface area contributed by atoms with Crippen molar-refractivity contribution >= 4 is 46.4 Å². The maximum absolute atomic E-state index is 12.6. The quantitative estimate of drug-likeness (QED) is 0.0923. The van der Waals surface area contributed by atoms with Crippen molar-refractivity contribution in [1.29, 1.82) is 0 Å². The molecule has 0 aromatic carbocycles. The molecule has 11 atom stereocenters. The monoisotopic (exact) mass is 749 g/mol. The van der Waals surface area contributed by atoms with Crippen molar-refractivity contribution in [1.82, 2.24) is 24.4 Å². The van der Waals surface area contributed by atoms with E-state index in [1.165, 1.54) is 0 Å². The number of aromatic nitrogens is 4. The van der Waals surface area contributed by atoms with E-state index in [1.54, 1.807) is 4.90 Å². The van der Waals surface area contributed by atoms with Gasteiger partial charge in [-0.3, -0.25) is 27.8 Å². The van der Waals surface area contributed by atoms with E-state index in [2.05, 4.69) is 19.3 Å². The van der Waals surface area contributed by atoms with Gasteiger partial charge in [-0.25, -0.2) is 28.6 Å². The maximum Gasteiger partial charge on any atom is 0.481 e. The van der Waals surface area contributed by atoms with Gasteiger partial charge in [0.1, 0.15) is 54.7 Å². The molecule has 48 heavy (non-hydrogen) atoms. The fourth-order valence-electron chi connectivity index (χ4n) is 5.56. The third kappa shape index (κ3) is 8.45. The summed E-state index contributed by atoms with van der Waals surface area (Å²) in [6, 6.07) is 0. The lowest BCUT2D eigenvalue weighted by Gasteiger charge is -2.36. The number of imidazole rings is 1. The highest BCUT2D eigenvalue weighted by Gasteiger charge is 2.51. The van der Waals surface area contributed by atoms with E-state index in [9.17, 15) is 53.4 Å². The lowest BCUT2D eigenvalue weighted by Crippen LogP contribution is -2.50. The van der Waals surface area contributed by atoms with Crippen molar-refractivity contribution in [2.75, 3.05) is 32.0 Å². The van der Waals surface area contributed by atoms with Crippen LogP contribution in [0.2, 0.25) is 0 Å². The van der Waals surface area contributed by atoms with Gasteiger partial charge in [0.2, 0.25) is 5.91 Å². The minimum absolute atomic E-state index is 0.0103. The van der Waals surface area contributed by atoms with Crippen molar-refractivity contribution in [2.45, 2.75) is 61.9 Å². The first-order valence-corrected chi connectivity index (χ1v) is 18.6. The number of carbonyl (C=O) groups excluding carboxylic acids is 1. The van der Waals surface area contributed by atoms with Crippen LogP contribution in [0.4, 0.5) is 5.82 Å². The number of likely N-dealkylation sites (tertiary alicyclic amines) is 1. The Labute approximate surface area is 270 Å². The molecule has 270 valence electrons. The van der Waals surface area contributed by atoms with Crippen LogP contribution in [0.3, 0.4) is 0 Å². The van der Waals surface area contributed by atoms with E-state index in [0.717, 1.165) is 17.2 Å². The van der Waals surface area contributed by atoms with Gasteiger partial charge in [0.15, 0.2) is 17.7 Å². The van der Waals surface area contributed by atoms with Crippen molar-refractivity contribution in [3.8, 4) is 0 Å². The van der Waals surface area contributed by atoms with Gasteiger partial charge in [0.25, 0.3) is 0 Å². The Morgan fingerprint density at radius 2 is 1.56 bits per heavy atom. The van der Waals surface area contributed by atoms with E-state index in [0.29, 0.717) is 19.4 Å². The van der Waals surface area contributed by atoms with Crippen molar-refractivity contribution < 1.29 is 80.7 Å². The van der Waals surface area contributed by atoms with Crippen LogP contribution >= 0.6 is 23.5 Å². The molecular formula is C21H34N7O17P3. The molecule has 27 heteroatoms. The summed E-state index contributed by atoms with van der Waals surface area (Å²) in [5, 5.41) is 31.7. The largest absolute Gasteiger partial charge is 0.481 e. The zero-order chi connectivity index (χ0) is 35.2. The summed E-state index contributed by atoms with van der Waals surface area (Å²) >= 11 is 0. The molecule has 0 spiro atoms. The number of piperidine rings is 1. The first kappa shape index (κ1) is 37.2. The SMILES string of the molecule is NC(=O)[C@@H]1CCCN([C@@H]2O[C@H](COP(=O)(O)OP(=O)(O)OC[C@H]3O[C@@H](n4cnc5c(N)ncnc54)[C@H](OP(=O)(O)O)[C@@H]3O)[C@@H](O)[C@H]2O)C1. The van der Waals surface area contributed by atoms with Crippen molar-refractivity contribution in [3.63, 3.8) is 0 Å². The molecule has 24 nitrogen and oxygen atoms in total. The Bertz CT molecular complexity index is 1630. The number of anilines is 1. The molecule has 5 heterocycles. The van der Waals surface area contributed by atoms with Gasteiger partial charge in [-0.2, -0.15) is 4.31 Å². The number of phosphoric acid groups is 3. The molecule has 0 radical (unpaired) electrons. The smallest absolute Gasteiger partial charge is 0.387 e. The van der Waals surface area contributed by atoms with E-state index < -0.39 is 97.6 Å². The first-order valence-electron chi connectivity index (χ1n) is 14.1. The average molecular weight is 749 g/mol. The summed E-state index contributed by atoms with van der Waals surface area (Å²) in [5.41, 5.74) is 11.2. The number of nitrogens with zero attached hydrogens (tertiary/aromatic N) is 5. The lowest BCUT2D eigenvalue weighted by molar-refractivity contribution is -0.131. The fraction of sp³-hybridized carbons (Fsp3) is 0.714. The number of amides is 1. The van der Waals surface area contributed by atoms with Gasteiger partial charge in [-0.1, -0.05) is 0 Å². The molecule has 0 aliphatic carbocycles. The topological polar surface area (TPSA) is 364 Å². The van der Waals surface area contributed by atoms with Crippen molar-refractivity contribution in [3.05, 3.63) is 12.7 Å². The zero-order valence-electron chi connectivity index (χ0n) is 24.5. The second-order valence-corrected chi connectivity index (χ2v) is 15.3.